The highest BCUT2D eigenvalue weighted by Gasteiger charge is 2.27. The maximum atomic E-state index is 13.2. The molecule has 0 unspecified atom stereocenters. The van der Waals surface area contributed by atoms with Gasteiger partial charge in [0.1, 0.15) is 0 Å². The second kappa shape index (κ2) is 12.3. The third-order valence-corrected chi connectivity index (χ3v) is 7.28. The van der Waals surface area contributed by atoms with Crippen LogP contribution >= 0.6 is 0 Å². The molecule has 0 aliphatic carbocycles. The molecule has 1 heterocycles. The van der Waals surface area contributed by atoms with Crippen LogP contribution in [0.25, 0.3) is 0 Å². The lowest BCUT2D eigenvalue weighted by atomic mass is 9.99. The van der Waals surface area contributed by atoms with Crippen molar-refractivity contribution in [3.05, 3.63) is 95.6 Å². The summed E-state index contributed by atoms with van der Waals surface area (Å²) in [6, 6.07) is 25.9. The van der Waals surface area contributed by atoms with Crippen molar-refractivity contribution in [2.24, 2.45) is 0 Å². The number of hydrogen-bond acceptors (Lipinski definition) is 4. The Morgan fingerprint density at radius 2 is 1.45 bits per heavy atom. The highest BCUT2D eigenvalue weighted by molar-refractivity contribution is 5.95. The van der Waals surface area contributed by atoms with Crippen molar-refractivity contribution in [3.63, 3.8) is 0 Å². The van der Waals surface area contributed by atoms with Crippen LogP contribution in [0.1, 0.15) is 66.8 Å². The minimum absolute atomic E-state index is 0.0233. The molecule has 1 saturated heterocycles. The van der Waals surface area contributed by atoms with Crippen molar-refractivity contribution in [1.29, 1.82) is 0 Å². The summed E-state index contributed by atoms with van der Waals surface area (Å²) < 4.78 is 0. The van der Waals surface area contributed by atoms with Crippen LogP contribution in [0.4, 0.5) is 11.4 Å². The number of amides is 1. The van der Waals surface area contributed by atoms with Gasteiger partial charge in [0.2, 0.25) is 0 Å². The van der Waals surface area contributed by atoms with E-state index in [1.54, 1.807) is 18.2 Å². The monoisotopic (exact) mass is 513 g/mol. The zero-order valence-corrected chi connectivity index (χ0v) is 22.9. The van der Waals surface area contributed by atoms with Crippen LogP contribution in [0, 0.1) is 0 Å². The number of nitrogens with zero attached hydrogens (tertiary/aromatic N) is 3. The number of carbonyl (C=O) groups excluding carboxylic acids is 1. The van der Waals surface area contributed by atoms with Gasteiger partial charge < -0.3 is 14.9 Å². The third kappa shape index (κ3) is 6.43. The molecule has 38 heavy (non-hydrogen) atoms. The van der Waals surface area contributed by atoms with Crippen LogP contribution in [0.5, 0.6) is 0 Å². The van der Waals surface area contributed by atoms with E-state index >= 15 is 0 Å². The van der Waals surface area contributed by atoms with Crippen LogP contribution < -0.4 is 4.90 Å². The van der Waals surface area contributed by atoms with E-state index in [2.05, 4.69) is 34.1 Å². The molecule has 6 heteroatoms. The Morgan fingerprint density at radius 3 is 2.03 bits per heavy atom. The number of carbonyl (C=O) groups is 2. The van der Waals surface area contributed by atoms with Crippen molar-refractivity contribution in [2.45, 2.75) is 65.2 Å². The van der Waals surface area contributed by atoms with Crippen molar-refractivity contribution < 1.29 is 14.7 Å². The predicted molar refractivity (Wildman–Crippen MR) is 153 cm³/mol. The second-order valence-electron chi connectivity index (χ2n) is 10.7. The van der Waals surface area contributed by atoms with Gasteiger partial charge in [0.15, 0.2) is 0 Å². The molecule has 6 nitrogen and oxygen atoms in total. The molecular weight excluding hydrogens is 474 g/mol. The number of aromatic carboxylic acids is 1. The summed E-state index contributed by atoms with van der Waals surface area (Å²) in [6.45, 7) is 11.0. The molecule has 0 bridgehead atoms. The number of rotatable bonds is 9. The number of likely N-dealkylation sites (tertiary alicyclic amines) is 1. The number of hydrogen-bond donors (Lipinski definition) is 1. The first-order valence-corrected chi connectivity index (χ1v) is 13.6. The molecular formula is C32H39N3O3. The van der Waals surface area contributed by atoms with Gasteiger partial charge in [-0.05, 0) is 88.6 Å². The lowest BCUT2D eigenvalue weighted by Gasteiger charge is -2.40. The van der Waals surface area contributed by atoms with Crippen LogP contribution in [0.3, 0.4) is 0 Å². The summed E-state index contributed by atoms with van der Waals surface area (Å²) in [6.07, 6.45) is 1.92. The zero-order valence-electron chi connectivity index (χ0n) is 22.9. The van der Waals surface area contributed by atoms with Crippen molar-refractivity contribution in [2.75, 3.05) is 18.0 Å². The van der Waals surface area contributed by atoms with Gasteiger partial charge >= 0.3 is 5.97 Å². The van der Waals surface area contributed by atoms with Gasteiger partial charge in [-0.3, -0.25) is 9.69 Å². The minimum Gasteiger partial charge on any atom is -0.478 e. The Bertz CT molecular complexity index is 1210. The van der Waals surface area contributed by atoms with Gasteiger partial charge in [-0.2, -0.15) is 0 Å². The summed E-state index contributed by atoms with van der Waals surface area (Å²) in [7, 11) is 0. The summed E-state index contributed by atoms with van der Waals surface area (Å²) in [5.74, 6) is -0.914. The Kier molecular flexibility index (Phi) is 8.85. The van der Waals surface area contributed by atoms with Crippen molar-refractivity contribution in [1.82, 2.24) is 9.80 Å². The smallest absolute Gasteiger partial charge is 0.335 e. The van der Waals surface area contributed by atoms with Crippen molar-refractivity contribution >= 4 is 23.3 Å². The van der Waals surface area contributed by atoms with Crippen LogP contribution in [-0.2, 0) is 6.54 Å². The maximum Gasteiger partial charge on any atom is 0.335 e. The molecule has 1 aliphatic heterocycles. The minimum atomic E-state index is -0.937. The van der Waals surface area contributed by atoms with E-state index in [1.807, 2.05) is 69.0 Å². The number of benzene rings is 3. The molecule has 0 radical (unpaired) electrons. The normalized spacial score (nSPS) is 14.6. The van der Waals surface area contributed by atoms with E-state index < -0.39 is 5.97 Å². The molecule has 0 aromatic heterocycles. The van der Waals surface area contributed by atoms with Gasteiger partial charge in [-0.25, -0.2) is 4.79 Å². The largest absolute Gasteiger partial charge is 0.478 e. The fourth-order valence-electron chi connectivity index (χ4n) is 5.52. The fraction of sp³-hybridized carbons (Fsp3) is 0.375. The summed E-state index contributed by atoms with van der Waals surface area (Å²) in [5, 5.41) is 9.62. The first-order chi connectivity index (χ1) is 18.2. The topological polar surface area (TPSA) is 64.1 Å². The van der Waals surface area contributed by atoms with Gasteiger partial charge in [-0.1, -0.05) is 36.4 Å². The Hall–Kier alpha value is -3.64. The average Bonchev–Trinajstić information content (AvgIpc) is 2.90. The first-order valence-electron chi connectivity index (χ1n) is 13.6. The van der Waals surface area contributed by atoms with Crippen LogP contribution in [-0.4, -0.2) is 58.0 Å². The standard InChI is InChI=1S/C32H39N3O3/c1-23(2)34(24(3)4)31(36)26-13-15-28(16-14-26)35(30-12-8-11-27(21-30)32(37)38)29-17-19-33(20-18-29)22-25-9-6-5-7-10-25/h5-16,21,23-24,29H,17-20,22H2,1-4H3,(H,37,38). The fourth-order valence-corrected chi connectivity index (χ4v) is 5.52. The molecule has 0 atom stereocenters. The van der Waals surface area contributed by atoms with E-state index in [0.717, 1.165) is 43.9 Å². The van der Waals surface area contributed by atoms with Gasteiger partial charge in [0.25, 0.3) is 5.91 Å². The molecule has 1 N–H and O–H groups in total. The second-order valence-corrected chi connectivity index (χ2v) is 10.7. The summed E-state index contributed by atoms with van der Waals surface area (Å²) >= 11 is 0. The van der Waals surface area contributed by atoms with E-state index in [4.69, 9.17) is 0 Å². The number of piperidine rings is 1. The number of anilines is 2. The zero-order chi connectivity index (χ0) is 27.2. The molecule has 3 aromatic rings. The van der Waals surface area contributed by atoms with Crippen LogP contribution in [0.2, 0.25) is 0 Å². The van der Waals surface area contributed by atoms with E-state index in [-0.39, 0.29) is 29.6 Å². The molecule has 1 aliphatic rings. The highest BCUT2D eigenvalue weighted by Crippen LogP contribution is 2.33. The molecule has 0 saturated carbocycles. The SMILES string of the molecule is CC(C)N(C(=O)c1ccc(N(c2cccc(C(=O)O)c2)C2CCN(Cc3ccccc3)CC2)cc1)C(C)C. The molecule has 1 fully saturated rings. The molecule has 3 aromatic carbocycles. The molecule has 1 amide bonds. The number of carboxylic acids is 1. The molecule has 200 valence electrons. The first kappa shape index (κ1) is 27.4. The maximum absolute atomic E-state index is 13.2. The molecule has 4 rings (SSSR count). The van der Waals surface area contributed by atoms with Gasteiger partial charge in [-0.15, -0.1) is 0 Å². The lowest BCUT2D eigenvalue weighted by Crippen LogP contribution is -2.43. The third-order valence-electron chi connectivity index (χ3n) is 7.28. The van der Waals surface area contributed by atoms with E-state index in [1.165, 1.54) is 5.56 Å². The predicted octanol–water partition coefficient (Wildman–Crippen LogP) is 6.45. The summed E-state index contributed by atoms with van der Waals surface area (Å²) in [5.41, 5.74) is 4.06. The van der Waals surface area contributed by atoms with E-state index in [9.17, 15) is 14.7 Å². The number of carboxylic acid groups (broad SMARTS) is 1. The van der Waals surface area contributed by atoms with Gasteiger partial charge in [0, 0.05) is 54.7 Å². The molecule has 0 spiro atoms. The summed E-state index contributed by atoms with van der Waals surface area (Å²) in [4.78, 5) is 31.6. The quantitative estimate of drug-likeness (QED) is 0.356. The van der Waals surface area contributed by atoms with Crippen molar-refractivity contribution in [3.8, 4) is 0 Å². The average molecular weight is 514 g/mol. The highest BCUT2D eigenvalue weighted by atomic mass is 16.4. The van der Waals surface area contributed by atoms with E-state index in [0.29, 0.717) is 5.56 Å². The lowest BCUT2D eigenvalue weighted by molar-refractivity contribution is 0.0642. The van der Waals surface area contributed by atoms with Gasteiger partial charge in [0.05, 0.1) is 5.56 Å². The van der Waals surface area contributed by atoms with Crippen LogP contribution in [0.15, 0.2) is 78.9 Å². The Balaban J connectivity index is 1.59. The Morgan fingerprint density at radius 1 is 0.816 bits per heavy atom. The Labute approximate surface area is 226 Å².